The molecule has 2 heterocycles. The summed E-state index contributed by atoms with van der Waals surface area (Å²) in [5.41, 5.74) is -0.529. The van der Waals surface area contributed by atoms with Crippen LogP contribution in [0.4, 0.5) is 10.6 Å². The maximum absolute atomic E-state index is 12.1. The van der Waals surface area contributed by atoms with Crippen molar-refractivity contribution in [1.29, 1.82) is 0 Å². The first-order valence-electron chi connectivity index (χ1n) is 7.52. The van der Waals surface area contributed by atoms with Crippen LogP contribution in [0.25, 0.3) is 0 Å². The van der Waals surface area contributed by atoms with Gasteiger partial charge in [0.15, 0.2) is 0 Å². The Morgan fingerprint density at radius 1 is 1.25 bits per heavy atom. The third kappa shape index (κ3) is 5.48. The Balaban J connectivity index is 2.02. The lowest BCUT2D eigenvalue weighted by Gasteiger charge is -2.36. The van der Waals surface area contributed by atoms with Crippen LogP contribution in [0.15, 0.2) is 6.07 Å². The summed E-state index contributed by atoms with van der Waals surface area (Å²) in [5, 5.41) is 0.196. The standard InChI is InChI=1S/C14H21ClN4O4S/c1-14(2,3)23-13(20)19-6-4-18(5-7-19)12-8-10(15)16-11(17-12)9-24(21)22/h8,24H,4-7,9H2,1-3H3. The van der Waals surface area contributed by atoms with Crippen molar-refractivity contribution in [3.8, 4) is 0 Å². The average molecular weight is 377 g/mol. The molecule has 1 saturated heterocycles. The smallest absolute Gasteiger partial charge is 0.410 e. The molecule has 1 aromatic rings. The lowest BCUT2D eigenvalue weighted by Crippen LogP contribution is -2.50. The fourth-order valence-electron chi connectivity index (χ4n) is 2.24. The molecule has 0 aromatic carbocycles. The van der Waals surface area contributed by atoms with Gasteiger partial charge >= 0.3 is 6.09 Å². The third-order valence-electron chi connectivity index (χ3n) is 3.25. The Bertz CT molecular complexity index is 674. The van der Waals surface area contributed by atoms with Gasteiger partial charge in [0.25, 0.3) is 0 Å². The number of thiol groups is 1. The summed E-state index contributed by atoms with van der Waals surface area (Å²) in [6.45, 7) is 7.56. The molecular weight excluding hydrogens is 356 g/mol. The first kappa shape index (κ1) is 18.7. The zero-order chi connectivity index (χ0) is 17.9. The number of carbonyl (C=O) groups excluding carboxylic acids is 1. The normalized spacial score (nSPS) is 15.7. The van der Waals surface area contributed by atoms with Gasteiger partial charge in [-0.2, -0.15) is 0 Å². The lowest BCUT2D eigenvalue weighted by molar-refractivity contribution is 0.0240. The summed E-state index contributed by atoms with van der Waals surface area (Å²) in [5.74, 6) is 0.481. The van der Waals surface area contributed by atoms with Crippen LogP contribution in [0.2, 0.25) is 5.15 Å². The molecule has 0 saturated carbocycles. The van der Waals surface area contributed by atoms with Crippen molar-refractivity contribution in [3.63, 3.8) is 0 Å². The van der Waals surface area contributed by atoms with E-state index in [1.54, 1.807) is 11.0 Å². The lowest BCUT2D eigenvalue weighted by atomic mass is 10.2. The van der Waals surface area contributed by atoms with Crippen LogP contribution in [-0.4, -0.2) is 61.2 Å². The monoisotopic (exact) mass is 376 g/mol. The van der Waals surface area contributed by atoms with E-state index in [4.69, 9.17) is 16.3 Å². The van der Waals surface area contributed by atoms with E-state index in [1.807, 2.05) is 25.7 Å². The van der Waals surface area contributed by atoms with E-state index >= 15 is 0 Å². The summed E-state index contributed by atoms with van der Waals surface area (Å²) >= 11 is 5.95. The van der Waals surface area contributed by atoms with Gasteiger partial charge in [-0.1, -0.05) is 11.6 Å². The molecular formula is C14H21ClN4O4S. The second-order valence-electron chi connectivity index (χ2n) is 6.41. The minimum Gasteiger partial charge on any atom is -0.444 e. The summed E-state index contributed by atoms with van der Waals surface area (Å²) in [7, 11) is -2.62. The summed E-state index contributed by atoms with van der Waals surface area (Å²) in [6, 6.07) is 1.59. The van der Waals surface area contributed by atoms with E-state index in [2.05, 4.69) is 9.97 Å². The topological polar surface area (TPSA) is 92.7 Å². The van der Waals surface area contributed by atoms with Gasteiger partial charge in [-0.15, -0.1) is 0 Å². The van der Waals surface area contributed by atoms with Crippen molar-refractivity contribution < 1.29 is 17.9 Å². The maximum atomic E-state index is 12.1. The summed E-state index contributed by atoms with van der Waals surface area (Å²) in [4.78, 5) is 23.8. The molecule has 0 bridgehead atoms. The summed E-state index contributed by atoms with van der Waals surface area (Å²) < 4.78 is 27.0. The van der Waals surface area contributed by atoms with Gasteiger partial charge < -0.3 is 14.5 Å². The second kappa shape index (κ2) is 7.52. The number of ether oxygens (including phenoxy) is 1. The molecule has 1 aliphatic heterocycles. The Labute approximate surface area is 147 Å². The van der Waals surface area contributed by atoms with Gasteiger partial charge in [-0.05, 0) is 20.8 Å². The number of halogens is 1. The molecule has 10 heteroatoms. The van der Waals surface area contributed by atoms with E-state index in [0.717, 1.165) is 0 Å². The zero-order valence-electron chi connectivity index (χ0n) is 13.9. The van der Waals surface area contributed by atoms with Crippen LogP contribution < -0.4 is 4.90 Å². The van der Waals surface area contributed by atoms with Gasteiger partial charge in [-0.25, -0.2) is 23.2 Å². The highest BCUT2D eigenvalue weighted by atomic mass is 35.5. The predicted molar refractivity (Wildman–Crippen MR) is 91.1 cm³/mol. The van der Waals surface area contributed by atoms with Crippen molar-refractivity contribution >= 4 is 34.2 Å². The molecule has 2 rings (SSSR count). The summed E-state index contributed by atoms with van der Waals surface area (Å²) in [6.07, 6.45) is -0.341. The van der Waals surface area contributed by atoms with Crippen molar-refractivity contribution in [2.45, 2.75) is 32.1 Å². The quantitative estimate of drug-likeness (QED) is 0.627. The van der Waals surface area contributed by atoms with Crippen LogP contribution in [0.1, 0.15) is 26.6 Å². The Morgan fingerprint density at radius 2 is 1.88 bits per heavy atom. The van der Waals surface area contributed by atoms with E-state index < -0.39 is 16.3 Å². The average Bonchev–Trinajstić information content (AvgIpc) is 2.44. The minimum absolute atomic E-state index is 0.170. The number of amides is 1. The van der Waals surface area contributed by atoms with Crippen molar-refractivity contribution in [3.05, 3.63) is 17.0 Å². The fourth-order valence-corrected chi connectivity index (χ4v) is 2.81. The van der Waals surface area contributed by atoms with Crippen LogP contribution in [-0.2, 0) is 21.2 Å². The highest BCUT2D eigenvalue weighted by molar-refractivity contribution is 7.71. The predicted octanol–water partition coefficient (Wildman–Crippen LogP) is 1.30. The first-order chi connectivity index (χ1) is 11.1. The van der Waals surface area contributed by atoms with Gasteiger partial charge in [0.2, 0.25) is 0 Å². The number of carbonyl (C=O) groups is 1. The molecule has 24 heavy (non-hydrogen) atoms. The number of hydrogen-bond acceptors (Lipinski definition) is 7. The van der Waals surface area contributed by atoms with Gasteiger partial charge in [-0.3, -0.25) is 0 Å². The Morgan fingerprint density at radius 3 is 2.42 bits per heavy atom. The molecule has 0 N–H and O–H groups in total. The van der Waals surface area contributed by atoms with E-state index in [-0.39, 0.29) is 22.8 Å². The molecule has 8 nitrogen and oxygen atoms in total. The Hall–Kier alpha value is -1.61. The second-order valence-corrected chi connectivity index (χ2v) is 7.78. The molecule has 0 aliphatic carbocycles. The molecule has 1 aromatic heterocycles. The number of anilines is 1. The molecule has 0 atom stereocenters. The van der Waals surface area contributed by atoms with E-state index in [1.165, 1.54) is 0 Å². The largest absolute Gasteiger partial charge is 0.444 e. The van der Waals surface area contributed by atoms with Crippen molar-refractivity contribution in [1.82, 2.24) is 14.9 Å². The third-order valence-corrected chi connectivity index (χ3v) is 3.99. The number of hydrogen-bond donors (Lipinski definition) is 1. The molecule has 1 fully saturated rings. The minimum atomic E-state index is -2.62. The molecule has 0 unspecified atom stereocenters. The highest BCUT2D eigenvalue weighted by Gasteiger charge is 2.26. The van der Waals surface area contributed by atoms with Crippen LogP contribution in [0.3, 0.4) is 0 Å². The fraction of sp³-hybridized carbons (Fsp3) is 0.643. The number of aromatic nitrogens is 2. The molecule has 1 aliphatic rings. The van der Waals surface area contributed by atoms with Crippen LogP contribution >= 0.6 is 11.6 Å². The van der Waals surface area contributed by atoms with Gasteiger partial charge in [0.1, 0.15) is 38.9 Å². The number of nitrogens with zero attached hydrogens (tertiary/aromatic N) is 4. The van der Waals surface area contributed by atoms with E-state index in [0.29, 0.717) is 32.0 Å². The number of piperazine rings is 1. The molecule has 0 radical (unpaired) electrons. The molecule has 134 valence electrons. The van der Waals surface area contributed by atoms with Gasteiger partial charge in [0, 0.05) is 32.2 Å². The van der Waals surface area contributed by atoms with E-state index in [9.17, 15) is 13.2 Å². The Kier molecular flexibility index (Phi) is 5.87. The number of rotatable bonds is 3. The first-order valence-corrected chi connectivity index (χ1v) is 9.26. The highest BCUT2D eigenvalue weighted by Crippen LogP contribution is 2.19. The maximum Gasteiger partial charge on any atom is 0.410 e. The van der Waals surface area contributed by atoms with Gasteiger partial charge in [0.05, 0.1) is 0 Å². The SMILES string of the molecule is CC(C)(C)OC(=O)N1CCN(c2cc(Cl)nc(C[SH](=O)=O)n2)CC1. The van der Waals surface area contributed by atoms with Crippen molar-refractivity contribution in [2.75, 3.05) is 31.1 Å². The molecule has 1 amide bonds. The molecule has 0 spiro atoms. The van der Waals surface area contributed by atoms with Crippen LogP contribution in [0, 0.1) is 0 Å². The zero-order valence-corrected chi connectivity index (χ0v) is 15.5. The van der Waals surface area contributed by atoms with Crippen molar-refractivity contribution in [2.24, 2.45) is 0 Å². The van der Waals surface area contributed by atoms with Crippen LogP contribution in [0.5, 0.6) is 0 Å².